The van der Waals surface area contributed by atoms with Crippen LogP contribution < -0.4 is 0 Å². The summed E-state index contributed by atoms with van der Waals surface area (Å²) in [6.07, 6.45) is 4.64. The summed E-state index contributed by atoms with van der Waals surface area (Å²) in [5, 5.41) is 27.4. The molecule has 0 aromatic heterocycles. The molecule has 0 aliphatic heterocycles. The van der Waals surface area contributed by atoms with Crippen LogP contribution in [0.15, 0.2) is 12.1 Å². The predicted molar refractivity (Wildman–Crippen MR) is 95.5 cm³/mol. The Labute approximate surface area is 156 Å². The van der Waals surface area contributed by atoms with Crippen molar-refractivity contribution in [2.24, 2.45) is 5.92 Å². The number of ether oxygens (including phenoxy) is 1. The third-order valence-corrected chi connectivity index (χ3v) is 3.98. The SMILES string of the molecule is CC(C)CCCCCCOC(=O)c1cc(C(=O)O)c(C(=O)O)cc1C(=O)O. The van der Waals surface area contributed by atoms with Crippen molar-refractivity contribution in [3.05, 3.63) is 34.4 Å². The molecule has 1 aromatic carbocycles. The summed E-state index contributed by atoms with van der Waals surface area (Å²) in [4.78, 5) is 45.9. The van der Waals surface area contributed by atoms with Crippen molar-refractivity contribution in [3.63, 3.8) is 0 Å². The first-order valence-electron chi connectivity index (χ1n) is 8.70. The lowest BCUT2D eigenvalue weighted by Gasteiger charge is -2.10. The fourth-order valence-corrected chi connectivity index (χ4v) is 2.55. The van der Waals surface area contributed by atoms with Crippen LogP contribution in [0.25, 0.3) is 0 Å². The fraction of sp³-hybridized carbons (Fsp3) is 0.474. The number of esters is 1. The fourth-order valence-electron chi connectivity index (χ4n) is 2.55. The molecule has 0 unspecified atom stereocenters. The first-order valence-corrected chi connectivity index (χ1v) is 8.70. The molecule has 0 saturated carbocycles. The van der Waals surface area contributed by atoms with E-state index in [1.54, 1.807) is 0 Å². The maximum absolute atomic E-state index is 12.2. The average molecular weight is 380 g/mol. The number of aromatic carboxylic acids is 3. The average Bonchev–Trinajstić information content (AvgIpc) is 2.58. The number of hydrogen-bond acceptors (Lipinski definition) is 5. The van der Waals surface area contributed by atoms with E-state index < -0.39 is 46.1 Å². The standard InChI is InChI=1S/C19H24O8/c1-11(2)7-5-3-4-6-8-27-19(26)15-10-13(17(22)23)12(16(20)21)9-14(15)18(24)25/h9-11H,3-8H2,1-2H3,(H,20,21)(H,22,23)(H,24,25). The van der Waals surface area contributed by atoms with Crippen LogP contribution in [0.3, 0.4) is 0 Å². The smallest absolute Gasteiger partial charge is 0.339 e. The molecule has 0 heterocycles. The number of hydrogen-bond donors (Lipinski definition) is 3. The maximum atomic E-state index is 12.2. The molecule has 27 heavy (non-hydrogen) atoms. The van der Waals surface area contributed by atoms with Gasteiger partial charge < -0.3 is 20.1 Å². The summed E-state index contributed by atoms with van der Waals surface area (Å²) in [5.41, 5.74) is -2.47. The van der Waals surface area contributed by atoms with Crippen molar-refractivity contribution >= 4 is 23.9 Å². The molecule has 0 fully saturated rings. The van der Waals surface area contributed by atoms with Crippen LogP contribution in [0.1, 0.15) is 87.4 Å². The van der Waals surface area contributed by atoms with E-state index in [1.807, 2.05) is 0 Å². The summed E-state index contributed by atoms with van der Waals surface area (Å²) in [6, 6.07) is 1.40. The van der Waals surface area contributed by atoms with Crippen LogP contribution in [0.2, 0.25) is 0 Å². The number of carboxylic acid groups (broad SMARTS) is 3. The molecule has 0 aliphatic rings. The van der Waals surface area contributed by atoms with E-state index in [9.17, 15) is 24.3 Å². The summed E-state index contributed by atoms with van der Waals surface area (Å²) in [5.74, 6) is -5.08. The van der Waals surface area contributed by atoms with Crippen molar-refractivity contribution in [1.82, 2.24) is 0 Å². The van der Waals surface area contributed by atoms with Crippen molar-refractivity contribution in [2.45, 2.75) is 46.0 Å². The van der Waals surface area contributed by atoms with Crippen LogP contribution in [0, 0.1) is 5.92 Å². The van der Waals surface area contributed by atoms with Gasteiger partial charge in [-0.15, -0.1) is 0 Å². The van der Waals surface area contributed by atoms with Gasteiger partial charge in [-0.2, -0.15) is 0 Å². The number of carbonyl (C=O) groups is 4. The molecule has 8 nitrogen and oxygen atoms in total. The lowest BCUT2D eigenvalue weighted by molar-refractivity contribution is 0.0486. The summed E-state index contributed by atoms with van der Waals surface area (Å²) >= 11 is 0. The highest BCUT2D eigenvalue weighted by Gasteiger charge is 2.26. The molecule has 3 N–H and O–H groups in total. The first-order chi connectivity index (χ1) is 12.6. The van der Waals surface area contributed by atoms with Crippen LogP contribution in [-0.4, -0.2) is 45.8 Å². The Bertz CT molecular complexity index is 721. The molecule has 1 aromatic rings. The third-order valence-electron chi connectivity index (χ3n) is 3.98. The summed E-state index contributed by atoms with van der Waals surface area (Å²) < 4.78 is 5.04. The zero-order valence-corrected chi connectivity index (χ0v) is 15.4. The van der Waals surface area contributed by atoms with Gasteiger partial charge in [0.2, 0.25) is 0 Å². The molecular formula is C19H24O8. The van der Waals surface area contributed by atoms with E-state index in [0.717, 1.165) is 31.7 Å². The molecule has 1 rings (SSSR count). The number of carbonyl (C=O) groups excluding carboxylic acids is 1. The topological polar surface area (TPSA) is 138 Å². The minimum absolute atomic E-state index is 0.0721. The molecule has 0 bridgehead atoms. The second-order valence-electron chi connectivity index (χ2n) is 6.59. The van der Waals surface area contributed by atoms with E-state index in [2.05, 4.69) is 13.8 Å². The summed E-state index contributed by atoms with van der Waals surface area (Å²) in [7, 11) is 0. The molecule has 0 aliphatic carbocycles. The Kier molecular flexibility index (Phi) is 8.44. The molecule has 0 spiro atoms. The van der Waals surface area contributed by atoms with Crippen molar-refractivity contribution in [2.75, 3.05) is 6.61 Å². The van der Waals surface area contributed by atoms with E-state index in [-0.39, 0.29) is 6.61 Å². The third kappa shape index (κ3) is 6.73. The van der Waals surface area contributed by atoms with E-state index in [4.69, 9.17) is 14.9 Å². The van der Waals surface area contributed by atoms with Gasteiger partial charge in [-0.3, -0.25) is 0 Å². The number of benzene rings is 1. The van der Waals surface area contributed by atoms with Gasteiger partial charge in [0.1, 0.15) is 0 Å². The van der Waals surface area contributed by atoms with Gasteiger partial charge in [-0.1, -0.05) is 39.5 Å². The van der Waals surface area contributed by atoms with E-state index in [1.165, 1.54) is 0 Å². The second-order valence-corrected chi connectivity index (χ2v) is 6.59. The largest absolute Gasteiger partial charge is 0.478 e. The van der Waals surface area contributed by atoms with Gasteiger partial charge in [0.25, 0.3) is 0 Å². The van der Waals surface area contributed by atoms with Gasteiger partial charge in [-0.05, 0) is 24.5 Å². The lowest BCUT2D eigenvalue weighted by Crippen LogP contribution is -2.17. The van der Waals surface area contributed by atoms with Crippen molar-refractivity contribution < 1.29 is 39.2 Å². The maximum Gasteiger partial charge on any atom is 0.339 e. The Morgan fingerprint density at radius 1 is 0.778 bits per heavy atom. The first kappa shape index (κ1) is 22.1. The Morgan fingerprint density at radius 3 is 1.70 bits per heavy atom. The van der Waals surface area contributed by atoms with Crippen LogP contribution in [0.5, 0.6) is 0 Å². The molecular weight excluding hydrogens is 356 g/mol. The van der Waals surface area contributed by atoms with Crippen LogP contribution in [0.4, 0.5) is 0 Å². The lowest BCUT2D eigenvalue weighted by atomic mass is 9.98. The molecule has 0 radical (unpaired) electrons. The minimum Gasteiger partial charge on any atom is -0.478 e. The van der Waals surface area contributed by atoms with Gasteiger partial charge in [0.05, 0.1) is 28.9 Å². The van der Waals surface area contributed by atoms with Crippen molar-refractivity contribution in [1.29, 1.82) is 0 Å². The molecule has 148 valence electrons. The van der Waals surface area contributed by atoms with Crippen LogP contribution in [-0.2, 0) is 4.74 Å². The Hall–Kier alpha value is -2.90. The monoisotopic (exact) mass is 380 g/mol. The quantitative estimate of drug-likeness (QED) is 0.391. The van der Waals surface area contributed by atoms with Gasteiger partial charge in [-0.25, -0.2) is 19.2 Å². The Balaban J connectivity index is 2.83. The highest BCUT2D eigenvalue weighted by Crippen LogP contribution is 2.20. The van der Waals surface area contributed by atoms with Crippen molar-refractivity contribution in [3.8, 4) is 0 Å². The summed E-state index contributed by atoms with van der Waals surface area (Å²) in [6.45, 7) is 4.36. The predicted octanol–water partition coefficient (Wildman–Crippen LogP) is 3.54. The molecule has 0 saturated heterocycles. The highest BCUT2D eigenvalue weighted by molar-refractivity contribution is 6.09. The zero-order chi connectivity index (χ0) is 20.6. The minimum atomic E-state index is -1.60. The number of rotatable bonds is 11. The number of unbranched alkanes of at least 4 members (excludes halogenated alkanes) is 3. The van der Waals surface area contributed by atoms with E-state index in [0.29, 0.717) is 18.4 Å². The second kappa shape index (κ2) is 10.3. The Morgan fingerprint density at radius 2 is 1.22 bits per heavy atom. The highest BCUT2D eigenvalue weighted by atomic mass is 16.5. The van der Waals surface area contributed by atoms with Crippen LogP contribution >= 0.6 is 0 Å². The van der Waals surface area contributed by atoms with Gasteiger partial charge in [0, 0.05) is 0 Å². The van der Waals surface area contributed by atoms with E-state index >= 15 is 0 Å². The molecule has 8 heteroatoms. The van der Waals surface area contributed by atoms with Gasteiger partial charge >= 0.3 is 23.9 Å². The molecule has 0 amide bonds. The van der Waals surface area contributed by atoms with Gasteiger partial charge in [0.15, 0.2) is 0 Å². The number of carboxylic acids is 3. The molecule has 0 atom stereocenters. The normalized spacial score (nSPS) is 10.6. The zero-order valence-electron chi connectivity index (χ0n) is 15.4.